The average Bonchev–Trinajstić information content (AvgIpc) is 2.82. The zero-order valence-corrected chi connectivity index (χ0v) is 12.6. The first-order chi connectivity index (χ1) is 9.37. The maximum Gasteiger partial charge on any atom is 0.289 e. The van der Waals surface area contributed by atoms with Crippen LogP contribution < -0.4 is 4.72 Å². The molecular weight excluding hydrogens is 280 g/mol. The van der Waals surface area contributed by atoms with Crippen molar-refractivity contribution in [3.63, 3.8) is 0 Å². The Balaban J connectivity index is 2.08. The zero-order chi connectivity index (χ0) is 14.8. The SMILES string of the molecule is Cc1ccc(C(=O)N2CCCC[C@H]2CNS(C)(=O)=O)o1. The number of rotatable bonds is 4. The molecule has 1 saturated heterocycles. The van der Waals surface area contributed by atoms with E-state index in [-0.39, 0.29) is 18.5 Å². The molecular formula is C13H20N2O4S. The molecule has 0 aliphatic carbocycles. The van der Waals surface area contributed by atoms with E-state index in [0.29, 0.717) is 18.1 Å². The number of aryl methyl sites for hydroxylation is 1. The summed E-state index contributed by atoms with van der Waals surface area (Å²) in [5, 5.41) is 0. The molecule has 0 saturated carbocycles. The van der Waals surface area contributed by atoms with Crippen LogP contribution in [-0.4, -0.2) is 44.6 Å². The largest absolute Gasteiger partial charge is 0.456 e. The monoisotopic (exact) mass is 300 g/mol. The summed E-state index contributed by atoms with van der Waals surface area (Å²) in [6.45, 7) is 2.68. The first-order valence-corrected chi connectivity index (χ1v) is 8.58. The number of amides is 1. The molecule has 0 unspecified atom stereocenters. The number of carbonyl (C=O) groups excluding carboxylic acids is 1. The van der Waals surface area contributed by atoms with Crippen molar-refractivity contribution in [2.45, 2.75) is 32.2 Å². The third kappa shape index (κ3) is 3.83. The Morgan fingerprint density at radius 3 is 2.80 bits per heavy atom. The molecule has 0 bridgehead atoms. The van der Waals surface area contributed by atoms with Gasteiger partial charge >= 0.3 is 0 Å². The van der Waals surface area contributed by atoms with Crippen LogP contribution in [0, 0.1) is 6.92 Å². The quantitative estimate of drug-likeness (QED) is 0.904. The van der Waals surface area contributed by atoms with Crippen LogP contribution in [0.5, 0.6) is 0 Å². The highest BCUT2D eigenvalue weighted by atomic mass is 32.2. The van der Waals surface area contributed by atoms with Crippen LogP contribution in [0.2, 0.25) is 0 Å². The molecule has 7 heteroatoms. The Kier molecular flexibility index (Phi) is 4.49. The predicted molar refractivity (Wildman–Crippen MR) is 75.0 cm³/mol. The summed E-state index contributed by atoms with van der Waals surface area (Å²) in [6, 6.07) is 3.30. The van der Waals surface area contributed by atoms with E-state index in [2.05, 4.69) is 4.72 Å². The van der Waals surface area contributed by atoms with Crippen molar-refractivity contribution in [3.8, 4) is 0 Å². The van der Waals surface area contributed by atoms with Crippen LogP contribution in [0.3, 0.4) is 0 Å². The van der Waals surface area contributed by atoms with E-state index in [1.807, 2.05) is 0 Å². The number of hydrogen-bond donors (Lipinski definition) is 1. The molecule has 1 atom stereocenters. The van der Waals surface area contributed by atoms with Gasteiger partial charge in [0, 0.05) is 19.1 Å². The van der Waals surface area contributed by atoms with Gasteiger partial charge in [-0.2, -0.15) is 0 Å². The number of likely N-dealkylation sites (tertiary alicyclic amines) is 1. The minimum absolute atomic E-state index is 0.114. The Bertz CT molecular complexity index is 579. The minimum atomic E-state index is -3.24. The van der Waals surface area contributed by atoms with Crippen molar-refractivity contribution in [3.05, 3.63) is 23.7 Å². The minimum Gasteiger partial charge on any atom is -0.456 e. The molecule has 112 valence electrons. The van der Waals surface area contributed by atoms with E-state index in [4.69, 9.17) is 4.42 Å². The number of carbonyl (C=O) groups is 1. The van der Waals surface area contributed by atoms with Gasteiger partial charge in [0.05, 0.1) is 6.26 Å². The molecule has 1 aliphatic heterocycles. The lowest BCUT2D eigenvalue weighted by atomic mass is 10.0. The predicted octanol–water partition coefficient (Wildman–Crippen LogP) is 1.13. The highest BCUT2D eigenvalue weighted by Gasteiger charge is 2.29. The molecule has 0 radical (unpaired) electrons. The van der Waals surface area contributed by atoms with Gasteiger partial charge in [-0.3, -0.25) is 4.79 Å². The van der Waals surface area contributed by atoms with Crippen molar-refractivity contribution in [2.24, 2.45) is 0 Å². The molecule has 1 aliphatic rings. The number of piperidine rings is 1. The molecule has 2 rings (SSSR count). The van der Waals surface area contributed by atoms with Crippen LogP contribution in [0.25, 0.3) is 0 Å². The van der Waals surface area contributed by atoms with Gasteiger partial charge in [0.1, 0.15) is 5.76 Å². The van der Waals surface area contributed by atoms with E-state index in [0.717, 1.165) is 25.5 Å². The summed E-state index contributed by atoms with van der Waals surface area (Å²) in [5.41, 5.74) is 0. The summed E-state index contributed by atoms with van der Waals surface area (Å²) in [6.07, 6.45) is 3.85. The van der Waals surface area contributed by atoms with Gasteiger partial charge in [0.15, 0.2) is 5.76 Å². The smallest absolute Gasteiger partial charge is 0.289 e. The molecule has 2 heterocycles. The molecule has 1 aromatic rings. The summed E-state index contributed by atoms with van der Waals surface area (Å²) in [7, 11) is -3.24. The Labute approximate surface area is 119 Å². The first kappa shape index (κ1) is 15.1. The summed E-state index contributed by atoms with van der Waals surface area (Å²) in [5.74, 6) is 0.836. The lowest BCUT2D eigenvalue weighted by Crippen LogP contribution is -2.49. The summed E-state index contributed by atoms with van der Waals surface area (Å²) in [4.78, 5) is 14.1. The van der Waals surface area contributed by atoms with Gasteiger partial charge < -0.3 is 9.32 Å². The number of hydrogen-bond acceptors (Lipinski definition) is 4. The van der Waals surface area contributed by atoms with Crippen LogP contribution in [0.15, 0.2) is 16.5 Å². The molecule has 1 amide bonds. The van der Waals surface area contributed by atoms with E-state index in [1.54, 1.807) is 24.0 Å². The fourth-order valence-electron chi connectivity index (χ4n) is 2.42. The summed E-state index contributed by atoms with van der Waals surface area (Å²) >= 11 is 0. The highest BCUT2D eigenvalue weighted by Crippen LogP contribution is 2.20. The third-order valence-electron chi connectivity index (χ3n) is 3.42. The summed E-state index contributed by atoms with van der Waals surface area (Å²) < 4.78 is 30.2. The van der Waals surface area contributed by atoms with Crippen molar-refractivity contribution in [1.82, 2.24) is 9.62 Å². The van der Waals surface area contributed by atoms with Crippen LogP contribution >= 0.6 is 0 Å². The molecule has 1 fully saturated rings. The first-order valence-electron chi connectivity index (χ1n) is 6.69. The fraction of sp³-hybridized carbons (Fsp3) is 0.615. The second kappa shape index (κ2) is 5.97. The van der Waals surface area contributed by atoms with Crippen molar-refractivity contribution in [1.29, 1.82) is 0 Å². The van der Waals surface area contributed by atoms with Gasteiger partial charge in [0.2, 0.25) is 10.0 Å². The Morgan fingerprint density at radius 2 is 2.20 bits per heavy atom. The lowest BCUT2D eigenvalue weighted by Gasteiger charge is -2.35. The Hall–Kier alpha value is -1.34. The lowest BCUT2D eigenvalue weighted by molar-refractivity contribution is 0.0585. The van der Waals surface area contributed by atoms with E-state index >= 15 is 0 Å². The molecule has 0 spiro atoms. The van der Waals surface area contributed by atoms with Gasteiger partial charge in [0.25, 0.3) is 5.91 Å². The zero-order valence-electron chi connectivity index (χ0n) is 11.8. The topological polar surface area (TPSA) is 79.6 Å². The number of nitrogens with zero attached hydrogens (tertiary/aromatic N) is 1. The highest BCUT2D eigenvalue weighted by molar-refractivity contribution is 7.88. The van der Waals surface area contributed by atoms with Crippen molar-refractivity contribution >= 4 is 15.9 Å². The van der Waals surface area contributed by atoms with Gasteiger partial charge in [-0.15, -0.1) is 0 Å². The third-order valence-corrected chi connectivity index (χ3v) is 4.11. The second-order valence-corrected chi connectivity index (χ2v) is 7.01. The van der Waals surface area contributed by atoms with E-state index in [1.165, 1.54) is 0 Å². The number of nitrogens with one attached hydrogen (secondary N) is 1. The van der Waals surface area contributed by atoms with Crippen molar-refractivity contribution in [2.75, 3.05) is 19.3 Å². The Morgan fingerprint density at radius 1 is 1.45 bits per heavy atom. The van der Waals surface area contributed by atoms with Gasteiger partial charge in [-0.1, -0.05) is 0 Å². The maximum atomic E-state index is 12.4. The number of furan rings is 1. The average molecular weight is 300 g/mol. The molecule has 6 nitrogen and oxygen atoms in total. The van der Waals surface area contributed by atoms with Crippen molar-refractivity contribution < 1.29 is 17.6 Å². The molecule has 20 heavy (non-hydrogen) atoms. The molecule has 1 N–H and O–H groups in total. The second-order valence-electron chi connectivity index (χ2n) is 5.18. The number of sulfonamides is 1. The van der Waals surface area contributed by atoms with Gasteiger partial charge in [-0.25, -0.2) is 13.1 Å². The van der Waals surface area contributed by atoms with Crippen LogP contribution in [-0.2, 0) is 10.0 Å². The standard InChI is InChI=1S/C13H20N2O4S/c1-10-6-7-12(19-10)13(16)15-8-4-3-5-11(15)9-14-20(2,17)18/h6-7,11,14H,3-5,8-9H2,1-2H3/t11-/m0/s1. The van der Waals surface area contributed by atoms with E-state index < -0.39 is 10.0 Å². The maximum absolute atomic E-state index is 12.4. The molecule has 0 aromatic carbocycles. The fourth-order valence-corrected chi connectivity index (χ4v) is 2.91. The van der Waals surface area contributed by atoms with Crippen LogP contribution in [0.1, 0.15) is 35.6 Å². The normalized spacial score (nSPS) is 20.1. The van der Waals surface area contributed by atoms with Crippen LogP contribution in [0.4, 0.5) is 0 Å². The van der Waals surface area contributed by atoms with Gasteiger partial charge in [-0.05, 0) is 38.3 Å². The van der Waals surface area contributed by atoms with E-state index in [9.17, 15) is 13.2 Å². The molecule has 1 aromatic heterocycles.